The van der Waals surface area contributed by atoms with Crippen molar-refractivity contribution in [1.82, 2.24) is 0 Å². The highest BCUT2D eigenvalue weighted by Gasteiger charge is 2.71. The third-order valence-electron chi connectivity index (χ3n) is 6.97. The van der Waals surface area contributed by atoms with Gasteiger partial charge in [-0.1, -0.05) is 13.8 Å². The van der Waals surface area contributed by atoms with E-state index in [2.05, 4.69) is 20.8 Å². The van der Waals surface area contributed by atoms with Crippen molar-refractivity contribution >= 4 is 0 Å². The van der Waals surface area contributed by atoms with E-state index in [1.54, 1.807) is 0 Å². The van der Waals surface area contributed by atoms with Crippen LogP contribution in [0.2, 0.25) is 0 Å². The van der Waals surface area contributed by atoms with Crippen LogP contribution >= 0.6 is 0 Å². The Bertz CT molecular complexity index is 441. The van der Waals surface area contributed by atoms with Crippen LogP contribution in [-0.4, -0.2) is 35.5 Å². The average Bonchev–Trinajstić information content (AvgIpc) is 2.70. The molecule has 0 unspecified atom stereocenters. The second-order valence-electron chi connectivity index (χ2n) is 8.24. The summed E-state index contributed by atoms with van der Waals surface area (Å²) in [5.74, 6) is 1.80. The van der Waals surface area contributed by atoms with Crippen molar-refractivity contribution in [3.63, 3.8) is 0 Å². The van der Waals surface area contributed by atoms with Crippen molar-refractivity contribution in [1.29, 1.82) is 0 Å². The van der Waals surface area contributed by atoms with Crippen LogP contribution < -0.4 is 0 Å². The molecule has 4 aliphatic rings. The van der Waals surface area contributed by atoms with E-state index in [0.29, 0.717) is 23.7 Å². The van der Waals surface area contributed by atoms with E-state index in [0.717, 1.165) is 19.3 Å². The smallest absolute Gasteiger partial charge is 0.190 e. The predicted octanol–water partition coefficient (Wildman–Crippen LogP) is 3.08. The van der Waals surface area contributed by atoms with E-state index in [1.807, 2.05) is 0 Å². The van der Waals surface area contributed by atoms with E-state index in [4.69, 9.17) is 19.3 Å². The Hall–Kier alpha value is -0.160. The number of hydrogen-bond donors (Lipinski definition) is 1. The van der Waals surface area contributed by atoms with Gasteiger partial charge in [-0.05, 0) is 62.7 Å². The highest BCUT2D eigenvalue weighted by Crippen LogP contribution is 2.63. The fraction of sp³-hybridized carbons (Fsp3) is 1.00. The molecule has 3 saturated heterocycles. The molecule has 0 aromatic heterocycles. The van der Waals surface area contributed by atoms with Gasteiger partial charge in [-0.2, -0.15) is 0 Å². The number of hydrogen-bond acceptors (Lipinski definition) is 4. The Morgan fingerprint density at radius 2 is 1.95 bits per heavy atom. The first-order chi connectivity index (χ1) is 10.5. The van der Waals surface area contributed by atoms with E-state index in [-0.39, 0.29) is 24.6 Å². The average molecular weight is 310 g/mol. The van der Waals surface area contributed by atoms with Gasteiger partial charge in [-0.3, -0.25) is 0 Å². The van der Waals surface area contributed by atoms with Crippen LogP contribution in [0.5, 0.6) is 0 Å². The molecule has 2 bridgehead atoms. The molecule has 1 saturated carbocycles. The SMILES string of the molecule is C[C@H]1[C@@H](CCCO)O[C@@H]2O[C@]3(C)CC[C@H]4[C@H](C)CC[C@@H]1[C@@]24O3. The van der Waals surface area contributed by atoms with Gasteiger partial charge in [-0.15, -0.1) is 0 Å². The Balaban J connectivity index is 1.68. The lowest BCUT2D eigenvalue weighted by molar-refractivity contribution is -0.289. The predicted molar refractivity (Wildman–Crippen MR) is 82.1 cm³/mol. The van der Waals surface area contributed by atoms with Gasteiger partial charge in [0, 0.05) is 13.0 Å². The molecule has 8 atom stereocenters. The Morgan fingerprint density at radius 1 is 1.14 bits per heavy atom. The molecule has 4 heteroatoms. The fourth-order valence-electron chi connectivity index (χ4n) is 5.87. The van der Waals surface area contributed by atoms with Crippen molar-refractivity contribution in [2.45, 2.75) is 83.1 Å². The van der Waals surface area contributed by atoms with Crippen molar-refractivity contribution in [2.24, 2.45) is 23.7 Å². The summed E-state index contributed by atoms with van der Waals surface area (Å²) in [6.45, 7) is 7.02. The van der Waals surface area contributed by atoms with Crippen LogP contribution in [0.25, 0.3) is 0 Å². The van der Waals surface area contributed by atoms with Crippen molar-refractivity contribution in [2.75, 3.05) is 6.61 Å². The van der Waals surface area contributed by atoms with Gasteiger partial charge >= 0.3 is 0 Å². The zero-order valence-electron chi connectivity index (χ0n) is 14.1. The number of aliphatic hydroxyl groups excluding tert-OH is 1. The van der Waals surface area contributed by atoms with Crippen molar-refractivity contribution in [3.05, 3.63) is 0 Å². The van der Waals surface area contributed by atoms with Gasteiger partial charge in [0.2, 0.25) is 0 Å². The van der Waals surface area contributed by atoms with Gasteiger partial charge in [0.1, 0.15) is 5.60 Å². The molecule has 1 spiro atoms. The second-order valence-corrected chi connectivity index (χ2v) is 8.24. The lowest BCUT2D eigenvalue weighted by Crippen LogP contribution is -2.66. The quantitative estimate of drug-likeness (QED) is 0.870. The van der Waals surface area contributed by atoms with E-state index < -0.39 is 5.79 Å². The standard InChI is InChI=1S/C18H30O4/c1-11-6-7-14-12(2)15(5-4-10-19)20-16-18(14)13(11)8-9-17(3,21-16)22-18/h11-16,19H,4-10H2,1-3H3/t11-,12-,13+,14+,15-,16-,17+,18-/m1/s1. The van der Waals surface area contributed by atoms with Crippen LogP contribution in [0, 0.1) is 23.7 Å². The molecular formula is C18H30O4. The monoisotopic (exact) mass is 310 g/mol. The maximum absolute atomic E-state index is 9.16. The summed E-state index contributed by atoms with van der Waals surface area (Å²) in [7, 11) is 0. The molecule has 1 N–H and O–H groups in total. The van der Waals surface area contributed by atoms with Gasteiger partial charge in [0.25, 0.3) is 0 Å². The minimum absolute atomic E-state index is 0.188. The summed E-state index contributed by atoms with van der Waals surface area (Å²) in [4.78, 5) is 0. The summed E-state index contributed by atoms with van der Waals surface area (Å²) in [5.41, 5.74) is -0.222. The van der Waals surface area contributed by atoms with Gasteiger partial charge < -0.3 is 19.3 Å². The fourth-order valence-corrected chi connectivity index (χ4v) is 5.87. The topological polar surface area (TPSA) is 47.9 Å². The molecule has 4 fully saturated rings. The van der Waals surface area contributed by atoms with Crippen LogP contribution in [0.1, 0.15) is 59.3 Å². The van der Waals surface area contributed by atoms with Crippen LogP contribution in [0.15, 0.2) is 0 Å². The number of rotatable bonds is 3. The lowest BCUT2D eigenvalue weighted by Gasteiger charge is -2.58. The summed E-state index contributed by atoms with van der Waals surface area (Å²) in [5, 5.41) is 9.16. The van der Waals surface area contributed by atoms with Crippen LogP contribution in [-0.2, 0) is 14.2 Å². The zero-order valence-corrected chi connectivity index (χ0v) is 14.1. The zero-order chi connectivity index (χ0) is 15.5. The largest absolute Gasteiger partial charge is 0.396 e. The summed E-state index contributed by atoms with van der Waals surface area (Å²) in [6.07, 6.45) is 6.38. The molecule has 0 radical (unpaired) electrons. The molecule has 0 aromatic carbocycles. The van der Waals surface area contributed by atoms with E-state index >= 15 is 0 Å². The first-order valence-electron chi connectivity index (χ1n) is 9.14. The molecule has 22 heavy (non-hydrogen) atoms. The molecule has 126 valence electrons. The van der Waals surface area contributed by atoms with Gasteiger partial charge in [0.15, 0.2) is 12.1 Å². The molecule has 1 aliphatic carbocycles. The number of aliphatic hydroxyl groups is 1. The third kappa shape index (κ3) is 1.97. The molecule has 0 amide bonds. The first-order valence-corrected chi connectivity index (χ1v) is 9.14. The molecule has 0 aromatic rings. The molecule has 3 heterocycles. The normalized spacial score (nSPS) is 56.7. The molecule has 3 aliphatic heterocycles. The minimum atomic E-state index is -0.456. The summed E-state index contributed by atoms with van der Waals surface area (Å²) < 4.78 is 19.4. The van der Waals surface area contributed by atoms with E-state index in [9.17, 15) is 0 Å². The maximum Gasteiger partial charge on any atom is 0.190 e. The lowest BCUT2D eigenvalue weighted by atomic mass is 9.56. The summed E-state index contributed by atoms with van der Waals surface area (Å²) >= 11 is 0. The van der Waals surface area contributed by atoms with Gasteiger partial charge in [0.05, 0.1) is 6.10 Å². The maximum atomic E-state index is 9.16. The second kappa shape index (κ2) is 5.17. The Kier molecular flexibility index (Phi) is 3.61. The third-order valence-corrected chi connectivity index (χ3v) is 6.97. The number of fused-ring (bicyclic) bond motifs is 1. The Labute approximate surface area is 133 Å². The van der Waals surface area contributed by atoms with Gasteiger partial charge in [-0.25, -0.2) is 0 Å². The van der Waals surface area contributed by atoms with Crippen molar-refractivity contribution in [3.8, 4) is 0 Å². The van der Waals surface area contributed by atoms with Crippen molar-refractivity contribution < 1.29 is 19.3 Å². The Morgan fingerprint density at radius 3 is 2.73 bits per heavy atom. The number of ether oxygens (including phenoxy) is 3. The molecule has 4 rings (SSSR count). The first kappa shape index (κ1) is 15.4. The highest BCUT2D eigenvalue weighted by molar-refractivity contribution is 5.13. The molecule has 4 nitrogen and oxygen atoms in total. The highest BCUT2D eigenvalue weighted by atomic mass is 16.8. The van der Waals surface area contributed by atoms with Crippen LogP contribution in [0.4, 0.5) is 0 Å². The summed E-state index contributed by atoms with van der Waals surface area (Å²) in [6, 6.07) is 0. The van der Waals surface area contributed by atoms with Crippen LogP contribution in [0.3, 0.4) is 0 Å². The van der Waals surface area contributed by atoms with E-state index in [1.165, 1.54) is 19.3 Å². The molecular weight excluding hydrogens is 280 g/mol. The minimum Gasteiger partial charge on any atom is -0.396 e.